The van der Waals surface area contributed by atoms with Gasteiger partial charge in [-0.15, -0.1) is 11.8 Å². The number of fused-ring (bicyclic) bond motifs is 2. The topological polar surface area (TPSA) is 99.6 Å². The minimum absolute atomic E-state index is 0.137. The third-order valence-electron chi connectivity index (χ3n) is 9.11. The number of nitrogens with zero attached hydrogens (tertiary/aromatic N) is 3. The molecule has 41 heavy (non-hydrogen) atoms. The van der Waals surface area contributed by atoms with Crippen molar-refractivity contribution in [3.63, 3.8) is 0 Å². The number of ether oxygens (including phenoxy) is 2. The molecule has 2 amide bonds. The molecule has 220 valence electrons. The van der Waals surface area contributed by atoms with Crippen LogP contribution in [0.15, 0.2) is 54.6 Å². The Hall–Kier alpha value is -2.66. The molecule has 1 aromatic rings. The number of hydrogen-bond acceptors (Lipinski definition) is 8. The molecule has 0 saturated carbocycles. The number of benzene rings is 1. The van der Waals surface area contributed by atoms with Gasteiger partial charge in [0, 0.05) is 38.0 Å². The predicted molar refractivity (Wildman–Crippen MR) is 155 cm³/mol. The van der Waals surface area contributed by atoms with Crippen LogP contribution in [0.25, 0.3) is 0 Å². The van der Waals surface area contributed by atoms with E-state index in [1.807, 2.05) is 53.5 Å². The van der Waals surface area contributed by atoms with Crippen LogP contribution in [0.1, 0.15) is 30.9 Å². The zero-order valence-corrected chi connectivity index (χ0v) is 24.1. The molecule has 1 N–H and O–H groups in total. The molecule has 0 bridgehead atoms. The van der Waals surface area contributed by atoms with E-state index in [1.165, 1.54) is 0 Å². The van der Waals surface area contributed by atoms with Gasteiger partial charge in [0.05, 0.1) is 49.1 Å². The fraction of sp³-hybridized carbons (Fsp3) is 0.581. The number of carbonyl (C=O) groups is 3. The maximum Gasteiger partial charge on any atom is 0.311 e. The van der Waals surface area contributed by atoms with Crippen molar-refractivity contribution in [1.82, 2.24) is 14.7 Å². The normalized spacial score (nSPS) is 33.9. The van der Waals surface area contributed by atoms with Crippen molar-refractivity contribution in [2.45, 2.75) is 41.3 Å². The Bertz CT molecular complexity index is 1190. The summed E-state index contributed by atoms with van der Waals surface area (Å²) >= 11 is 1.54. The molecule has 3 saturated heterocycles. The highest BCUT2D eigenvalue weighted by molar-refractivity contribution is 8.02. The second kappa shape index (κ2) is 12.3. The molecule has 0 radical (unpaired) electrons. The van der Waals surface area contributed by atoms with E-state index in [9.17, 15) is 19.5 Å². The first-order chi connectivity index (χ1) is 20.0. The summed E-state index contributed by atoms with van der Waals surface area (Å²) < 4.78 is 10.3. The van der Waals surface area contributed by atoms with Crippen molar-refractivity contribution in [2.24, 2.45) is 11.8 Å². The number of aliphatic hydroxyl groups excluding tert-OH is 1. The standard InChI is InChI=1S/C31H39N3O6S/c35-21-23(22-9-4-3-5-10-22)34-27-29(37)33(15-14-32-16-19-39-20-17-32)13-8-12-31(27)26(28(34)36)25-24(41-31)11-6-1-2-7-18-40-30(25)38/h3-6,8-12,23-27,35H,1-2,7,13-21H2/b11-6-/t23-,24-,25+,26+,27?,31+/m1/s1. The van der Waals surface area contributed by atoms with E-state index >= 15 is 0 Å². The summed E-state index contributed by atoms with van der Waals surface area (Å²) in [5.74, 6) is -2.26. The highest BCUT2D eigenvalue weighted by atomic mass is 32.2. The van der Waals surface area contributed by atoms with Crippen molar-refractivity contribution in [1.29, 1.82) is 0 Å². The first-order valence-corrected chi connectivity index (χ1v) is 15.7. The number of hydrogen-bond donors (Lipinski definition) is 1. The van der Waals surface area contributed by atoms with Crippen LogP contribution in [0.2, 0.25) is 0 Å². The van der Waals surface area contributed by atoms with Crippen molar-refractivity contribution in [3.8, 4) is 0 Å². The van der Waals surface area contributed by atoms with Gasteiger partial charge >= 0.3 is 5.97 Å². The zero-order chi connectivity index (χ0) is 28.4. The van der Waals surface area contributed by atoms with Gasteiger partial charge in [-0.05, 0) is 24.8 Å². The molecule has 5 aliphatic rings. The van der Waals surface area contributed by atoms with Gasteiger partial charge in [-0.25, -0.2) is 0 Å². The molecule has 1 unspecified atom stereocenters. The molecule has 3 fully saturated rings. The van der Waals surface area contributed by atoms with Gasteiger partial charge in [-0.2, -0.15) is 0 Å². The van der Waals surface area contributed by atoms with Gasteiger partial charge in [-0.1, -0.05) is 54.6 Å². The Balaban J connectivity index is 1.40. The number of carbonyl (C=O) groups excluding carboxylic acids is 3. The smallest absolute Gasteiger partial charge is 0.311 e. The molecule has 6 atom stereocenters. The molecule has 5 heterocycles. The average molecular weight is 582 g/mol. The molecule has 1 aromatic carbocycles. The number of cyclic esters (lactones) is 1. The number of allylic oxidation sites excluding steroid dienone is 1. The van der Waals surface area contributed by atoms with Gasteiger partial charge in [-0.3, -0.25) is 19.3 Å². The van der Waals surface area contributed by atoms with E-state index in [0.717, 1.165) is 44.5 Å². The number of thioether (sulfide) groups is 1. The Morgan fingerprint density at radius 2 is 1.80 bits per heavy atom. The van der Waals surface area contributed by atoms with Crippen LogP contribution in [0.3, 0.4) is 0 Å². The molecule has 10 heteroatoms. The Labute approximate surface area is 245 Å². The molecule has 9 nitrogen and oxygen atoms in total. The van der Waals surface area contributed by atoms with E-state index in [0.29, 0.717) is 32.9 Å². The summed E-state index contributed by atoms with van der Waals surface area (Å²) in [7, 11) is 0. The van der Waals surface area contributed by atoms with Gasteiger partial charge in [0.15, 0.2) is 0 Å². The zero-order valence-electron chi connectivity index (χ0n) is 23.3. The third-order valence-corrected chi connectivity index (χ3v) is 10.8. The Morgan fingerprint density at radius 3 is 2.59 bits per heavy atom. The second-order valence-corrected chi connectivity index (χ2v) is 12.9. The van der Waals surface area contributed by atoms with Crippen molar-refractivity contribution in [2.75, 3.05) is 59.2 Å². The number of esters is 1. The molecule has 6 rings (SSSR count). The Kier molecular flexibility index (Phi) is 8.53. The van der Waals surface area contributed by atoms with Crippen LogP contribution in [-0.4, -0.2) is 113 Å². The number of amides is 2. The third kappa shape index (κ3) is 5.24. The van der Waals surface area contributed by atoms with Crippen LogP contribution in [0, 0.1) is 11.8 Å². The van der Waals surface area contributed by atoms with E-state index in [2.05, 4.69) is 11.0 Å². The van der Waals surface area contributed by atoms with Crippen LogP contribution in [0.4, 0.5) is 0 Å². The number of likely N-dealkylation sites (tertiary alicyclic amines) is 1. The lowest BCUT2D eigenvalue weighted by Gasteiger charge is -2.39. The van der Waals surface area contributed by atoms with Gasteiger partial charge in [0.1, 0.15) is 6.04 Å². The SMILES string of the molecule is O=C1OCCCC/C=C\[C@H]2S[C@]34C=CCN(CCN5CCOCC5)C(=O)C3N([C@H](CO)c3ccccc3)C(=O)[C@@H]4[C@@H]12. The van der Waals surface area contributed by atoms with Crippen LogP contribution >= 0.6 is 11.8 Å². The summed E-state index contributed by atoms with van der Waals surface area (Å²) in [4.78, 5) is 48.5. The fourth-order valence-corrected chi connectivity index (χ4v) is 9.04. The van der Waals surface area contributed by atoms with Crippen LogP contribution in [-0.2, 0) is 23.9 Å². The van der Waals surface area contributed by atoms with Crippen LogP contribution in [0.5, 0.6) is 0 Å². The maximum absolute atomic E-state index is 14.6. The lowest BCUT2D eigenvalue weighted by atomic mass is 9.78. The van der Waals surface area contributed by atoms with Gasteiger partial charge < -0.3 is 24.4 Å². The van der Waals surface area contributed by atoms with Crippen LogP contribution < -0.4 is 0 Å². The molecule has 5 aliphatic heterocycles. The summed E-state index contributed by atoms with van der Waals surface area (Å²) in [5, 5.41) is 10.4. The number of rotatable bonds is 6. The number of aliphatic hydroxyl groups is 1. The molecule has 0 aliphatic carbocycles. The van der Waals surface area contributed by atoms with Crippen molar-refractivity contribution < 1.29 is 29.0 Å². The summed E-state index contributed by atoms with van der Waals surface area (Å²) in [6.45, 7) is 4.69. The summed E-state index contributed by atoms with van der Waals surface area (Å²) in [5.41, 5.74) is 0.759. The first-order valence-electron chi connectivity index (χ1n) is 14.8. The summed E-state index contributed by atoms with van der Waals surface area (Å²) in [6.07, 6.45) is 10.8. The largest absolute Gasteiger partial charge is 0.465 e. The number of morpholine rings is 1. The molecular weight excluding hydrogens is 542 g/mol. The lowest BCUT2D eigenvalue weighted by molar-refractivity contribution is -0.153. The molecular formula is C31H39N3O6S. The maximum atomic E-state index is 14.6. The Morgan fingerprint density at radius 1 is 1.00 bits per heavy atom. The molecule has 1 spiro atoms. The molecule has 0 aromatic heterocycles. The average Bonchev–Trinajstić information content (AvgIpc) is 3.39. The summed E-state index contributed by atoms with van der Waals surface area (Å²) in [6, 6.07) is 7.80. The fourth-order valence-electron chi connectivity index (χ4n) is 7.06. The second-order valence-electron chi connectivity index (χ2n) is 11.4. The van der Waals surface area contributed by atoms with E-state index in [4.69, 9.17) is 9.47 Å². The van der Waals surface area contributed by atoms with Crippen molar-refractivity contribution >= 4 is 29.5 Å². The highest BCUT2D eigenvalue weighted by Crippen LogP contribution is 2.61. The highest BCUT2D eigenvalue weighted by Gasteiger charge is 2.71. The van der Waals surface area contributed by atoms with E-state index < -0.39 is 28.7 Å². The minimum Gasteiger partial charge on any atom is -0.465 e. The van der Waals surface area contributed by atoms with E-state index in [-0.39, 0.29) is 29.6 Å². The van der Waals surface area contributed by atoms with Crippen molar-refractivity contribution in [3.05, 3.63) is 60.2 Å². The van der Waals surface area contributed by atoms with Gasteiger partial charge in [0.25, 0.3) is 0 Å². The minimum atomic E-state index is -0.948. The monoisotopic (exact) mass is 581 g/mol. The first kappa shape index (κ1) is 28.5. The lowest BCUT2D eigenvalue weighted by Crippen LogP contribution is -2.55. The predicted octanol–water partition coefficient (Wildman–Crippen LogP) is 2.03. The quantitative estimate of drug-likeness (QED) is 0.403. The van der Waals surface area contributed by atoms with E-state index in [1.54, 1.807) is 16.7 Å². The van der Waals surface area contributed by atoms with Gasteiger partial charge in [0.2, 0.25) is 11.8 Å².